The molecule has 0 aliphatic carbocycles. The van der Waals surface area contributed by atoms with Gasteiger partial charge in [-0.1, -0.05) is 0 Å². The van der Waals surface area contributed by atoms with Crippen molar-refractivity contribution < 1.29 is 18.3 Å². The van der Waals surface area contributed by atoms with Crippen LogP contribution in [0, 0.1) is 3.57 Å². The number of nitrogens with zero attached hydrogens (tertiary/aromatic N) is 1. The lowest BCUT2D eigenvalue weighted by Crippen LogP contribution is -2.47. The van der Waals surface area contributed by atoms with Gasteiger partial charge < -0.3 is 9.84 Å². The number of hydrogen-bond donors (Lipinski definition) is 1. The zero-order chi connectivity index (χ0) is 14.8. The van der Waals surface area contributed by atoms with Gasteiger partial charge in [-0.2, -0.15) is 4.31 Å². The molecule has 1 aliphatic rings. The molecular formula is C13H18INO4S. The Kier molecular flexibility index (Phi) is 5.06. The summed E-state index contributed by atoms with van der Waals surface area (Å²) in [6, 6.07) is 6.68. The number of sulfonamides is 1. The molecule has 2 rings (SSSR count). The molecule has 1 fully saturated rings. The number of rotatable bonds is 4. The van der Waals surface area contributed by atoms with Crippen LogP contribution in [0.25, 0.3) is 0 Å². The Morgan fingerprint density at radius 2 is 1.85 bits per heavy atom. The molecule has 0 saturated carbocycles. The molecule has 1 heterocycles. The Hall–Kier alpha value is -0.220. The van der Waals surface area contributed by atoms with Crippen molar-refractivity contribution in [3.05, 3.63) is 27.8 Å². The molecule has 5 nitrogen and oxygen atoms in total. The lowest BCUT2D eigenvalue weighted by atomic mass is 9.95. The van der Waals surface area contributed by atoms with Crippen LogP contribution in [0.15, 0.2) is 29.2 Å². The van der Waals surface area contributed by atoms with Gasteiger partial charge in [-0.25, -0.2) is 8.42 Å². The van der Waals surface area contributed by atoms with Crippen LogP contribution in [-0.2, 0) is 14.8 Å². The minimum absolute atomic E-state index is 0.0880. The van der Waals surface area contributed by atoms with Gasteiger partial charge in [-0.15, -0.1) is 0 Å². The fourth-order valence-corrected chi connectivity index (χ4v) is 3.81. The first-order chi connectivity index (χ1) is 9.33. The van der Waals surface area contributed by atoms with E-state index in [2.05, 4.69) is 22.6 Å². The number of halogens is 1. The van der Waals surface area contributed by atoms with Crippen LogP contribution >= 0.6 is 22.6 Å². The Labute approximate surface area is 133 Å². The average molecular weight is 411 g/mol. The van der Waals surface area contributed by atoms with Gasteiger partial charge in [0.2, 0.25) is 10.0 Å². The van der Waals surface area contributed by atoms with E-state index in [1.807, 2.05) is 0 Å². The molecule has 1 saturated heterocycles. The number of aliphatic hydroxyl groups is 1. The second-order valence-corrected chi connectivity index (χ2v) is 8.34. The van der Waals surface area contributed by atoms with Gasteiger partial charge in [-0.3, -0.25) is 0 Å². The standard InChI is InChI=1S/C13H18INO4S/c1-15(10-13(16)6-8-19-9-7-13)20(17,18)12-4-2-11(14)3-5-12/h2-5,16H,6-10H2,1H3. The average Bonchev–Trinajstić information content (AvgIpc) is 2.39. The van der Waals surface area contributed by atoms with E-state index in [1.165, 1.54) is 11.4 Å². The van der Waals surface area contributed by atoms with Crippen molar-refractivity contribution in [2.24, 2.45) is 0 Å². The summed E-state index contributed by atoms with van der Waals surface area (Å²) in [6.45, 7) is 1.02. The van der Waals surface area contributed by atoms with Crippen LogP contribution in [0.4, 0.5) is 0 Å². The van der Waals surface area contributed by atoms with Gasteiger partial charge in [0.25, 0.3) is 0 Å². The molecule has 112 valence electrons. The summed E-state index contributed by atoms with van der Waals surface area (Å²) in [5.41, 5.74) is -0.997. The summed E-state index contributed by atoms with van der Waals surface area (Å²) in [6.07, 6.45) is 0.916. The van der Waals surface area contributed by atoms with Crippen molar-refractivity contribution in [3.63, 3.8) is 0 Å². The van der Waals surface area contributed by atoms with Crippen molar-refractivity contribution in [1.82, 2.24) is 4.31 Å². The van der Waals surface area contributed by atoms with E-state index in [0.717, 1.165) is 3.57 Å². The molecule has 7 heteroatoms. The van der Waals surface area contributed by atoms with Gasteiger partial charge in [0.15, 0.2) is 0 Å². The first-order valence-electron chi connectivity index (χ1n) is 6.36. The van der Waals surface area contributed by atoms with Crippen molar-refractivity contribution in [2.45, 2.75) is 23.3 Å². The third-order valence-electron chi connectivity index (χ3n) is 3.46. The number of likely N-dealkylation sites (N-methyl/N-ethyl adjacent to an activating group) is 1. The van der Waals surface area contributed by atoms with Crippen molar-refractivity contribution >= 4 is 32.6 Å². The highest BCUT2D eigenvalue weighted by atomic mass is 127. The molecule has 0 unspecified atom stereocenters. The maximum Gasteiger partial charge on any atom is 0.242 e. The van der Waals surface area contributed by atoms with Crippen LogP contribution < -0.4 is 0 Å². The van der Waals surface area contributed by atoms with Gasteiger partial charge in [0.1, 0.15) is 0 Å². The highest BCUT2D eigenvalue weighted by Gasteiger charge is 2.34. The Bertz CT molecular complexity index is 552. The smallest absolute Gasteiger partial charge is 0.242 e. The summed E-state index contributed by atoms with van der Waals surface area (Å²) in [5.74, 6) is 0. The summed E-state index contributed by atoms with van der Waals surface area (Å²) in [5, 5.41) is 10.4. The SMILES string of the molecule is CN(CC1(O)CCOCC1)S(=O)(=O)c1ccc(I)cc1. The molecule has 0 aromatic heterocycles. The van der Waals surface area contributed by atoms with E-state index in [-0.39, 0.29) is 11.4 Å². The predicted octanol–water partition coefficient (Wildman–Crippen LogP) is 1.45. The van der Waals surface area contributed by atoms with Gasteiger partial charge >= 0.3 is 0 Å². The van der Waals surface area contributed by atoms with Gasteiger partial charge in [0.05, 0.1) is 10.5 Å². The van der Waals surface area contributed by atoms with Crippen LogP contribution in [0.1, 0.15) is 12.8 Å². The predicted molar refractivity (Wildman–Crippen MR) is 84.0 cm³/mol. The molecule has 0 radical (unpaired) electrons. The highest BCUT2D eigenvalue weighted by molar-refractivity contribution is 14.1. The molecule has 1 N–H and O–H groups in total. The van der Waals surface area contributed by atoms with Gasteiger partial charge in [-0.05, 0) is 46.9 Å². The third-order valence-corrected chi connectivity index (χ3v) is 6.00. The quantitative estimate of drug-likeness (QED) is 0.762. The molecular weight excluding hydrogens is 393 g/mol. The number of ether oxygens (including phenoxy) is 1. The third kappa shape index (κ3) is 3.70. The molecule has 1 aromatic carbocycles. The van der Waals surface area contributed by atoms with Crippen LogP contribution in [0.2, 0.25) is 0 Å². The minimum Gasteiger partial charge on any atom is -0.388 e. The molecule has 1 aromatic rings. The topological polar surface area (TPSA) is 66.8 Å². The number of hydrogen-bond acceptors (Lipinski definition) is 4. The molecule has 0 spiro atoms. The summed E-state index contributed by atoms with van der Waals surface area (Å²) in [4.78, 5) is 0.246. The van der Waals surface area contributed by atoms with Crippen LogP contribution in [0.3, 0.4) is 0 Å². The van der Waals surface area contributed by atoms with Crippen molar-refractivity contribution in [3.8, 4) is 0 Å². The Morgan fingerprint density at radius 3 is 2.40 bits per heavy atom. The summed E-state index contributed by atoms with van der Waals surface area (Å²) >= 11 is 2.13. The summed E-state index contributed by atoms with van der Waals surface area (Å²) in [7, 11) is -2.06. The number of benzene rings is 1. The normalized spacial score (nSPS) is 19.2. The molecule has 1 aliphatic heterocycles. The maximum absolute atomic E-state index is 12.4. The van der Waals surface area contributed by atoms with Crippen LogP contribution in [0.5, 0.6) is 0 Å². The Balaban J connectivity index is 2.14. The molecule has 0 amide bonds. The van der Waals surface area contributed by atoms with E-state index in [9.17, 15) is 13.5 Å². The largest absolute Gasteiger partial charge is 0.388 e. The first kappa shape index (κ1) is 16.2. The molecule has 0 atom stereocenters. The van der Waals surface area contributed by atoms with Crippen LogP contribution in [-0.4, -0.2) is 50.2 Å². The van der Waals surface area contributed by atoms with E-state index in [1.54, 1.807) is 24.3 Å². The van der Waals surface area contributed by atoms with E-state index >= 15 is 0 Å². The highest BCUT2D eigenvalue weighted by Crippen LogP contribution is 2.24. The molecule has 20 heavy (non-hydrogen) atoms. The van der Waals surface area contributed by atoms with Crippen molar-refractivity contribution in [2.75, 3.05) is 26.8 Å². The fourth-order valence-electron chi connectivity index (χ4n) is 2.20. The Morgan fingerprint density at radius 1 is 1.30 bits per heavy atom. The molecule has 0 bridgehead atoms. The minimum atomic E-state index is -3.56. The van der Waals surface area contributed by atoms with E-state index < -0.39 is 15.6 Å². The second kappa shape index (κ2) is 6.27. The zero-order valence-electron chi connectivity index (χ0n) is 11.3. The van der Waals surface area contributed by atoms with Crippen molar-refractivity contribution in [1.29, 1.82) is 0 Å². The maximum atomic E-state index is 12.4. The second-order valence-electron chi connectivity index (χ2n) is 5.05. The van der Waals surface area contributed by atoms with E-state index in [4.69, 9.17) is 4.74 Å². The monoisotopic (exact) mass is 411 g/mol. The lowest BCUT2D eigenvalue weighted by molar-refractivity contribution is -0.0689. The fraction of sp³-hybridized carbons (Fsp3) is 0.538. The first-order valence-corrected chi connectivity index (χ1v) is 8.87. The van der Waals surface area contributed by atoms with E-state index in [0.29, 0.717) is 26.1 Å². The summed E-state index contributed by atoms with van der Waals surface area (Å²) < 4.78 is 32.3. The van der Waals surface area contributed by atoms with Gasteiger partial charge in [0, 0.05) is 43.2 Å². The zero-order valence-corrected chi connectivity index (χ0v) is 14.2. The lowest BCUT2D eigenvalue weighted by Gasteiger charge is -2.35.